The van der Waals surface area contributed by atoms with Crippen LogP contribution in [0.4, 0.5) is 26.3 Å². The fourth-order valence-electron chi connectivity index (χ4n) is 0.634. The summed E-state index contributed by atoms with van der Waals surface area (Å²) >= 11 is 3.23. The van der Waals surface area contributed by atoms with Gasteiger partial charge >= 0.3 is 12.4 Å². The molecule has 1 atom stereocenters. The van der Waals surface area contributed by atoms with Gasteiger partial charge < -0.3 is 0 Å². The summed E-state index contributed by atoms with van der Waals surface area (Å²) in [5.41, 5.74) is -3.76. The predicted octanol–water partition coefficient (Wildman–Crippen LogP) is 3.44. The van der Waals surface area contributed by atoms with Gasteiger partial charge in [-0.25, -0.2) is 0 Å². The SMILES string of the molecule is CC(S)C(C)(C(F)(F)F)C(F)(F)F. The Balaban J connectivity index is 5.22. The lowest BCUT2D eigenvalue weighted by atomic mass is 9.85. The average Bonchev–Trinajstić information content (AvgIpc) is 1.80. The Labute approximate surface area is 76.7 Å². The number of hydrogen-bond acceptors (Lipinski definition) is 1. The monoisotopic (exact) mass is 226 g/mol. The van der Waals surface area contributed by atoms with Crippen LogP contribution < -0.4 is 0 Å². The minimum Gasteiger partial charge on any atom is -0.175 e. The Kier molecular flexibility index (Phi) is 3.24. The summed E-state index contributed by atoms with van der Waals surface area (Å²) in [6.45, 7) is 0.870. The molecule has 0 aliphatic rings. The highest BCUT2D eigenvalue weighted by Gasteiger charge is 2.69. The van der Waals surface area contributed by atoms with Gasteiger partial charge in [-0.1, -0.05) is 6.92 Å². The van der Waals surface area contributed by atoms with Crippen molar-refractivity contribution in [2.75, 3.05) is 0 Å². The number of thiol groups is 1. The van der Waals surface area contributed by atoms with Crippen LogP contribution in [-0.2, 0) is 0 Å². The van der Waals surface area contributed by atoms with Crippen LogP contribution in [-0.4, -0.2) is 17.6 Å². The van der Waals surface area contributed by atoms with E-state index in [4.69, 9.17) is 0 Å². The van der Waals surface area contributed by atoms with Crippen molar-refractivity contribution in [2.24, 2.45) is 5.41 Å². The van der Waals surface area contributed by atoms with Crippen molar-refractivity contribution in [3.05, 3.63) is 0 Å². The Morgan fingerprint density at radius 2 is 1.15 bits per heavy atom. The summed E-state index contributed by atoms with van der Waals surface area (Å²) in [6, 6.07) is 0. The van der Waals surface area contributed by atoms with Crippen LogP contribution in [0.25, 0.3) is 0 Å². The van der Waals surface area contributed by atoms with E-state index in [1.165, 1.54) is 0 Å². The molecular weight excluding hydrogens is 218 g/mol. The Morgan fingerprint density at radius 1 is 0.923 bits per heavy atom. The number of hydrogen-bond donors (Lipinski definition) is 1. The highest BCUT2D eigenvalue weighted by Crippen LogP contribution is 2.53. The zero-order chi connectivity index (χ0) is 11.1. The molecule has 80 valence electrons. The van der Waals surface area contributed by atoms with Crippen molar-refractivity contribution in [1.82, 2.24) is 0 Å². The molecule has 1 unspecified atom stereocenters. The maximum atomic E-state index is 12.1. The van der Waals surface area contributed by atoms with Crippen molar-refractivity contribution in [1.29, 1.82) is 0 Å². The van der Waals surface area contributed by atoms with Crippen LogP contribution in [0.15, 0.2) is 0 Å². The molecule has 0 amide bonds. The highest BCUT2D eigenvalue weighted by atomic mass is 32.1. The molecule has 0 saturated carbocycles. The molecule has 0 rings (SSSR count). The first-order valence-corrected chi connectivity index (χ1v) is 3.77. The lowest BCUT2D eigenvalue weighted by Gasteiger charge is -2.36. The van der Waals surface area contributed by atoms with E-state index in [0.29, 0.717) is 0 Å². The standard InChI is InChI=1S/C6H8F6S/c1-3(13)4(2,5(7,8)9)6(10,11)12/h3,13H,1-2H3. The second kappa shape index (κ2) is 3.25. The van der Waals surface area contributed by atoms with Gasteiger partial charge in [0.05, 0.1) is 0 Å². The van der Waals surface area contributed by atoms with Crippen LogP contribution >= 0.6 is 12.6 Å². The summed E-state index contributed by atoms with van der Waals surface area (Å²) in [4.78, 5) is 0. The quantitative estimate of drug-likeness (QED) is 0.514. The molecule has 0 spiro atoms. The van der Waals surface area contributed by atoms with Crippen LogP contribution in [0, 0.1) is 5.41 Å². The van der Waals surface area contributed by atoms with Gasteiger partial charge in [0.25, 0.3) is 0 Å². The zero-order valence-electron chi connectivity index (χ0n) is 6.79. The number of rotatable bonds is 1. The maximum Gasteiger partial charge on any atom is 0.403 e. The molecule has 0 aliphatic carbocycles. The van der Waals surface area contributed by atoms with Gasteiger partial charge in [0.1, 0.15) is 0 Å². The van der Waals surface area contributed by atoms with E-state index in [1.807, 2.05) is 0 Å². The summed E-state index contributed by atoms with van der Waals surface area (Å²) < 4.78 is 72.5. The largest absolute Gasteiger partial charge is 0.403 e. The number of halogens is 6. The van der Waals surface area contributed by atoms with Crippen molar-refractivity contribution < 1.29 is 26.3 Å². The molecule has 13 heavy (non-hydrogen) atoms. The fourth-order valence-corrected chi connectivity index (χ4v) is 0.927. The minimum atomic E-state index is -5.34. The van der Waals surface area contributed by atoms with E-state index >= 15 is 0 Å². The van der Waals surface area contributed by atoms with Gasteiger partial charge in [0.2, 0.25) is 0 Å². The van der Waals surface area contributed by atoms with Crippen LogP contribution in [0.2, 0.25) is 0 Å². The molecule has 0 heterocycles. The van der Waals surface area contributed by atoms with Crippen molar-refractivity contribution in [3.8, 4) is 0 Å². The van der Waals surface area contributed by atoms with E-state index in [2.05, 4.69) is 12.6 Å². The predicted molar refractivity (Wildman–Crippen MR) is 38.7 cm³/mol. The molecule has 0 nitrogen and oxygen atoms in total. The first-order valence-electron chi connectivity index (χ1n) is 3.26. The second-order valence-electron chi connectivity index (χ2n) is 2.87. The van der Waals surface area contributed by atoms with E-state index < -0.39 is 23.0 Å². The van der Waals surface area contributed by atoms with E-state index in [0.717, 1.165) is 6.92 Å². The van der Waals surface area contributed by atoms with Crippen molar-refractivity contribution >= 4 is 12.6 Å². The van der Waals surface area contributed by atoms with Gasteiger partial charge in [0.15, 0.2) is 5.41 Å². The molecule has 7 heteroatoms. The molecule has 0 aromatic rings. The normalized spacial score (nSPS) is 17.3. The van der Waals surface area contributed by atoms with Gasteiger partial charge in [-0.15, -0.1) is 0 Å². The van der Waals surface area contributed by atoms with Crippen LogP contribution in [0.1, 0.15) is 13.8 Å². The molecule has 0 aliphatic heterocycles. The Morgan fingerprint density at radius 3 is 1.15 bits per heavy atom. The molecule has 0 saturated heterocycles. The summed E-state index contributed by atoms with van der Waals surface area (Å²) in [7, 11) is 0. The van der Waals surface area contributed by atoms with E-state index in [9.17, 15) is 26.3 Å². The Hall–Kier alpha value is -0.0700. The lowest BCUT2D eigenvalue weighted by Crippen LogP contribution is -2.52. The third-order valence-corrected chi connectivity index (χ3v) is 2.53. The minimum absolute atomic E-state index is 0.102. The Bertz CT molecular complexity index is 165. The molecule has 0 N–H and O–H groups in total. The van der Waals surface area contributed by atoms with Gasteiger partial charge in [0, 0.05) is 5.25 Å². The third kappa shape index (κ3) is 2.05. The fraction of sp³-hybridized carbons (Fsp3) is 1.00. The topological polar surface area (TPSA) is 0 Å². The highest BCUT2D eigenvalue weighted by molar-refractivity contribution is 7.81. The average molecular weight is 226 g/mol. The summed E-state index contributed by atoms with van der Waals surface area (Å²) in [5, 5.41) is -1.84. The maximum absolute atomic E-state index is 12.1. The van der Waals surface area contributed by atoms with Crippen molar-refractivity contribution in [3.63, 3.8) is 0 Å². The smallest absolute Gasteiger partial charge is 0.175 e. The molecule has 0 aromatic heterocycles. The summed E-state index contributed by atoms with van der Waals surface area (Å²) in [6.07, 6.45) is -10.7. The first kappa shape index (κ1) is 12.9. The number of alkyl halides is 6. The molecule has 0 radical (unpaired) electrons. The zero-order valence-corrected chi connectivity index (χ0v) is 7.69. The van der Waals surface area contributed by atoms with Crippen LogP contribution in [0.5, 0.6) is 0 Å². The van der Waals surface area contributed by atoms with Gasteiger partial charge in [-0.3, -0.25) is 0 Å². The van der Waals surface area contributed by atoms with Crippen LogP contribution in [0.3, 0.4) is 0 Å². The first-order chi connectivity index (χ1) is 5.44. The van der Waals surface area contributed by atoms with Crippen molar-refractivity contribution in [2.45, 2.75) is 31.5 Å². The molecule has 0 aromatic carbocycles. The van der Waals surface area contributed by atoms with Gasteiger partial charge in [-0.2, -0.15) is 39.0 Å². The molecule has 0 bridgehead atoms. The van der Waals surface area contributed by atoms with E-state index in [1.54, 1.807) is 0 Å². The van der Waals surface area contributed by atoms with E-state index in [-0.39, 0.29) is 6.92 Å². The second-order valence-corrected chi connectivity index (χ2v) is 3.65. The molecule has 0 fully saturated rings. The third-order valence-electron chi connectivity index (χ3n) is 2.01. The lowest BCUT2D eigenvalue weighted by molar-refractivity contribution is -0.332. The van der Waals surface area contributed by atoms with Gasteiger partial charge in [-0.05, 0) is 6.92 Å². The molecular formula is C6H8F6S. The summed E-state index contributed by atoms with van der Waals surface area (Å²) in [5.74, 6) is 0.